The van der Waals surface area contributed by atoms with E-state index in [-0.39, 0.29) is 11.5 Å². The van der Waals surface area contributed by atoms with Gasteiger partial charge in [-0.3, -0.25) is 0 Å². The van der Waals surface area contributed by atoms with Crippen molar-refractivity contribution in [2.45, 2.75) is 46.6 Å². The van der Waals surface area contributed by atoms with Crippen molar-refractivity contribution in [3.05, 3.63) is 126 Å². The molecule has 1 aliphatic carbocycles. The molecule has 2 unspecified atom stereocenters. The summed E-state index contributed by atoms with van der Waals surface area (Å²) in [6.07, 6.45) is 11.6. The molecule has 0 aromatic heterocycles. The third-order valence-corrected chi connectivity index (χ3v) is 12.0. The van der Waals surface area contributed by atoms with E-state index in [1.807, 2.05) is 6.08 Å². The number of hydrogen-bond acceptors (Lipinski definition) is 1. The molecule has 2 atom stereocenters. The molecule has 0 bridgehead atoms. The molecule has 4 rings (SSSR count). The summed E-state index contributed by atoms with van der Waals surface area (Å²) in [6, 6.07) is 33.2. The highest BCUT2D eigenvalue weighted by Crippen LogP contribution is 2.55. The van der Waals surface area contributed by atoms with Crippen molar-refractivity contribution < 1.29 is 5.11 Å². The van der Waals surface area contributed by atoms with Gasteiger partial charge in [0.25, 0.3) is 0 Å². The molecular weight excluding hydrogens is 455 g/mol. The van der Waals surface area contributed by atoms with Crippen LogP contribution in [0.2, 0.25) is 0 Å². The summed E-state index contributed by atoms with van der Waals surface area (Å²) in [5.74, 6) is 0.466. The summed E-state index contributed by atoms with van der Waals surface area (Å²) in [5.41, 5.74) is 2.72. The first kappa shape index (κ1) is 26.3. The quantitative estimate of drug-likeness (QED) is 0.199. The van der Waals surface area contributed by atoms with E-state index in [0.717, 1.165) is 19.0 Å². The fourth-order valence-corrected chi connectivity index (χ4v) is 9.85. The molecule has 0 saturated carbocycles. The van der Waals surface area contributed by atoms with Gasteiger partial charge in [-0.25, -0.2) is 0 Å². The summed E-state index contributed by atoms with van der Waals surface area (Å²) >= 11 is 0. The van der Waals surface area contributed by atoms with Crippen molar-refractivity contribution in [1.82, 2.24) is 0 Å². The Morgan fingerprint density at radius 3 is 1.78 bits per heavy atom. The number of aliphatic hydroxyl groups is 1. The summed E-state index contributed by atoms with van der Waals surface area (Å²) in [6.45, 7) is 8.96. The minimum Gasteiger partial charge on any atom is -0.389 e. The van der Waals surface area contributed by atoms with Crippen molar-refractivity contribution in [3.8, 4) is 0 Å². The second-order valence-corrected chi connectivity index (χ2v) is 14.3. The predicted molar refractivity (Wildman–Crippen MR) is 159 cm³/mol. The first-order valence-corrected chi connectivity index (χ1v) is 15.0. The Balaban J connectivity index is 1.65. The average Bonchev–Trinajstić information content (AvgIpc) is 2.87. The van der Waals surface area contributed by atoms with Crippen LogP contribution in [0.4, 0.5) is 0 Å². The maximum atomic E-state index is 10.2. The van der Waals surface area contributed by atoms with Crippen LogP contribution in [0, 0.1) is 11.3 Å². The van der Waals surface area contributed by atoms with Crippen molar-refractivity contribution in [3.63, 3.8) is 0 Å². The maximum absolute atomic E-state index is 10.2. The highest BCUT2D eigenvalue weighted by molar-refractivity contribution is 7.95. The highest BCUT2D eigenvalue weighted by atomic mass is 31.2. The van der Waals surface area contributed by atoms with Crippen LogP contribution < -0.4 is 15.9 Å². The van der Waals surface area contributed by atoms with E-state index >= 15 is 0 Å². The molecule has 36 heavy (non-hydrogen) atoms. The normalized spacial score (nSPS) is 20.4. The molecule has 0 spiro atoms. The van der Waals surface area contributed by atoms with Gasteiger partial charge in [0.2, 0.25) is 0 Å². The second kappa shape index (κ2) is 11.5. The SMILES string of the molecule is CC(C=CC[P+](c1ccccc1)(c1ccccc1)c1ccccc1)=CCC1C(C)=CC(O)CC1(C)C. The first-order chi connectivity index (χ1) is 17.3. The van der Waals surface area contributed by atoms with Crippen LogP contribution in [0.25, 0.3) is 0 Å². The molecule has 0 saturated heterocycles. The van der Waals surface area contributed by atoms with Gasteiger partial charge in [-0.1, -0.05) is 97.8 Å². The summed E-state index contributed by atoms with van der Waals surface area (Å²) in [4.78, 5) is 0. The Hall–Kier alpha value is -2.73. The van der Waals surface area contributed by atoms with Crippen LogP contribution >= 0.6 is 7.26 Å². The monoisotopic (exact) mass is 495 g/mol. The predicted octanol–water partition coefficient (Wildman–Crippen LogP) is 7.23. The highest BCUT2D eigenvalue weighted by Gasteiger charge is 2.44. The van der Waals surface area contributed by atoms with Gasteiger partial charge in [-0.05, 0) is 80.5 Å². The number of aliphatic hydroxyl groups excluding tert-OH is 1. The Morgan fingerprint density at radius 1 is 0.861 bits per heavy atom. The Morgan fingerprint density at radius 2 is 1.33 bits per heavy atom. The van der Waals surface area contributed by atoms with Gasteiger partial charge in [0.05, 0.1) is 12.3 Å². The summed E-state index contributed by atoms with van der Waals surface area (Å²) < 4.78 is 0. The third-order valence-electron chi connectivity index (χ3n) is 7.71. The standard InChI is InChI=1S/C34H40OP/c1-27(22-23-33-28(2)25-29(35)26-34(33,3)4)15-14-24-36(30-16-8-5-9-17-30,31-18-10-6-11-19-31)32-20-12-7-13-21-32/h5-22,25,29,33,35H,23-24,26H2,1-4H3/q+1. The van der Waals surface area contributed by atoms with Crippen LogP contribution in [0.5, 0.6) is 0 Å². The molecule has 1 nitrogen and oxygen atoms in total. The minimum atomic E-state index is -1.84. The number of hydrogen-bond donors (Lipinski definition) is 1. The van der Waals surface area contributed by atoms with Gasteiger partial charge >= 0.3 is 0 Å². The molecular formula is C34H40OP+. The first-order valence-electron chi connectivity index (χ1n) is 13.1. The minimum absolute atomic E-state index is 0.105. The van der Waals surface area contributed by atoms with E-state index in [1.165, 1.54) is 27.1 Å². The van der Waals surface area contributed by atoms with Gasteiger partial charge in [0, 0.05) is 0 Å². The van der Waals surface area contributed by atoms with E-state index in [0.29, 0.717) is 5.92 Å². The fourth-order valence-electron chi connectivity index (χ4n) is 5.86. The largest absolute Gasteiger partial charge is 0.389 e. The van der Waals surface area contributed by atoms with Gasteiger partial charge in [-0.2, -0.15) is 0 Å². The van der Waals surface area contributed by atoms with Gasteiger partial charge in [0.1, 0.15) is 23.2 Å². The van der Waals surface area contributed by atoms with E-state index in [9.17, 15) is 5.11 Å². The average molecular weight is 496 g/mol. The molecule has 3 aromatic carbocycles. The lowest BCUT2D eigenvalue weighted by atomic mass is 9.66. The molecule has 0 heterocycles. The van der Waals surface area contributed by atoms with Gasteiger partial charge in [-0.15, -0.1) is 0 Å². The van der Waals surface area contributed by atoms with Crippen LogP contribution in [-0.2, 0) is 0 Å². The molecule has 2 heteroatoms. The Labute approximate surface area is 218 Å². The Kier molecular flexibility index (Phi) is 8.45. The lowest BCUT2D eigenvalue weighted by molar-refractivity contribution is 0.103. The molecule has 0 fully saturated rings. The fraction of sp³-hybridized carbons (Fsp3) is 0.294. The van der Waals surface area contributed by atoms with E-state index < -0.39 is 7.26 Å². The number of benzene rings is 3. The van der Waals surface area contributed by atoms with Crippen molar-refractivity contribution in [1.29, 1.82) is 0 Å². The number of allylic oxidation sites excluding steroid dienone is 5. The maximum Gasteiger partial charge on any atom is 0.115 e. The molecule has 0 aliphatic heterocycles. The molecule has 1 aliphatic rings. The van der Waals surface area contributed by atoms with Crippen LogP contribution in [0.3, 0.4) is 0 Å². The molecule has 186 valence electrons. The number of rotatable bonds is 8. The van der Waals surface area contributed by atoms with Crippen LogP contribution in [0.1, 0.15) is 40.5 Å². The summed E-state index contributed by atoms with van der Waals surface area (Å²) in [7, 11) is -1.84. The smallest absolute Gasteiger partial charge is 0.115 e. The Bertz CT molecular complexity index is 1110. The van der Waals surface area contributed by atoms with Crippen molar-refractivity contribution in [2.24, 2.45) is 11.3 Å². The van der Waals surface area contributed by atoms with E-state index in [4.69, 9.17) is 0 Å². The van der Waals surface area contributed by atoms with Crippen molar-refractivity contribution in [2.75, 3.05) is 6.16 Å². The molecule has 0 radical (unpaired) electrons. The zero-order valence-electron chi connectivity index (χ0n) is 22.1. The van der Waals surface area contributed by atoms with E-state index in [1.54, 1.807) is 0 Å². The third kappa shape index (κ3) is 5.80. The molecule has 0 amide bonds. The molecule has 1 N–H and O–H groups in total. The zero-order chi connectivity index (χ0) is 25.6. The van der Waals surface area contributed by atoms with Gasteiger partial charge in [0.15, 0.2) is 0 Å². The van der Waals surface area contributed by atoms with Gasteiger partial charge < -0.3 is 5.11 Å². The summed E-state index contributed by atoms with van der Waals surface area (Å²) in [5, 5.41) is 14.4. The van der Waals surface area contributed by atoms with Crippen LogP contribution in [0.15, 0.2) is 126 Å². The lowest BCUT2D eigenvalue weighted by Crippen LogP contribution is -2.33. The zero-order valence-corrected chi connectivity index (χ0v) is 23.0. The second-order valence-electron chi connectivity index (χ2n) is 10.8. The van der Waals surface area contributed by atoms with Crippen molar-refractivity contribution >= 4 is 23.2 Å². The van der Waals surface area contributed by atoms with Crippen LogP contribution in [-0.4, -0.2) is 17.4 Å². The van der Waals surface area contributed by atoms with E-state index in [2.05, 4.69) is 137 Å². The lowest BCUT2D eigenvalue weighted by Gasteiger charge is -2.40. The molecule has 3 aromatic rings. The topological polar surface area (TPSA) is 20.2 Å².